The van der Waals surface area contributed by atoms with Gasteiger partial charge in [-0.1, -0.05) is 12.8 Å². The molecule has 23 heavy (non-hydrogen) atoms. The number of nitrogens with one attached hydrogen (secondary N) is 1. The van der Waals surface area contributed by atoms with Gasteiger partial charge in [0.15, 0.2) is 11.5 Å². The third kappa shape index (κ3) is 5.65. The first kappa shape index (κ1) is 18.0. The van der Waals surface area contributed by atoms with Crippen LogP contribution in [0.4, 0.5) is 0 Å². The Morgan fingerprint density at radius 1 is 1.17 bits per heavy atom. The third-order valence-electron chi connectivity index (χ3n) is 3.85. The quantitative estimate of drug-likeness (QED) is 0.695. The minimum absolute atomic E-state index is 0.0546. The van der Waals surface area contributed by atoms with Crippen LogP contribution in [0.15, 0.2) is 18.2 Å². The average molecular weight is 337 g/mol. The molecule has 1 aliphatic carbocycles. The maximum atomic E-state index is 12.2. The van der Waals surface area contributed by atoms with E-state index in [1.54, 1.807) is 18.2 Å². The van der Waals surface area contributed by atoms with Crippen LogP contribution in [0.1, 0.15) is 49.9 Å². The molecule has 0 bridgehead atoms. The summed E-state index contributed by atoms with van der Waals surface area (Å²) in [4.78, 5) is 12.2. The van der Waals surface area contributed by atoms with Crippen molar-refractivity contribution in [1.82, 2.24) is 5.32 Å². The zero-order valence-corrected chi connectivity index (χ0v) is 14.9. The van der Waals surface area contributed by atoms with Crippen LogP contribution < -0.4 is 14.8 Å². The van der Waals surface area contributed by atoms with Crippen LogP contribution in [0, 0.1) is 0 Å². The van der Waals surface area contributed by atoms with Gasteiger partial charge in [0, 0.05) is 23.1 Å². The molecule has 1 fully saturated rings. The fourth-order valence-electron chi connectivity index (χ4n) is 2.74. The molecule has 1 aromatic rings. The van der Waals surface area contributed by atoms with Crippen molar-refractivity contribution >= 4 is 17.7 Å². The Kier molecular flexibility index (Phi) is 7.59. The van der Waals surface area contributed by atoms with E-state index in [0.29, 0.717) is 36.8 Å². The number of hydrogen-bond acceptors (Lipinski definition) is 4. The summed E-state index contributed by atoms with van der Waals surface area (Å²) in [7, 11) is 0. The van der Waals surface area contributed by atoms with E-state index in [0.717, 1.165) is 11.0 Å². The molecule has 0 spiro atoms. The Hall–Kier alpha value is -1.36. The van der Waals surface area contributed by atoms with Crippen molar-refractivity contribution in [3.05, 3.63) is 23.8 Å². The molecule has 0 aromatic heterocycles. The topological polar surface area (TPSA) is 47.6 Å². The predicted molar refractivity (Wildman–Crippen MR) is 95.8 cm³/mol. The minimum Gasteiger partial charge on any atom is -0.490 e. The molecule has 1 saturated carbocycles. The Morgan fingerprint density at radius 3 is 2.57 bits per heavy atom. The Morgan fingerprint density at radius 2 is 1.87 bits per heavy atom. The Bertz CT molecular complexity index is 501. The molecule has 4 nitrogen and oxygen atoms in total. The van der Waals surface area contributed by atoms with Crippen LogP contribution in [-0.4, -0.2) is 36.7 Å². The molecule has 128 valence electrons. The molecule has 1 N–H and O–H groups in total. The number of carbonyl (C=O) groups is 1. The second kappa shape index (κ2) is 9.71. The largest absolute Gasteiger partial charge is 0.490 e. The van der Waals surface area contributed by atoms with Gasteiger partial charge in [-0.3, -0.25) is 4.79 Å². The van der Waals surface area contributed by atoms with Gasteiger partial charge in [-0.05, 0) is 44.9 Å². The molecule has 1 amide bonds. The van der Waals surface area contributed by atoms with Gasteiger partial charge in [-0.25, -0.2) is 0 Å². The molecule has 0 heterocycles. The standard InChI is InChI=1S/C18H27NO3S/c1-3-21-16-10-9-14(13-17(16)22-4-2)18(20)19-11-12-23-15-7-5-6-8-15/h9-10,13,15H,3-8,11-12H2,1-2H3,(H,19,20). The lowest BCUT2D eigenvalue weighted by molar-refractivity contribution is 0.0955. The summed E-state index contributed by atoms with van der Waals surface area (Å²) in [6.45, 7) is 5.67. The summed E-state index contributed by atoms with van der Waals surface area (Å²) in [6.07, 6.45) is 5.37. The maximum absolute atomic E-state index is 12.2. The van der Waals surface area contributed by atoms with Gasteiger partial charge in [-0.2, -0.15) is 11.8 Å². The van der Waals surface area contributed by atoms with Crippen molar-refractivity contribution < 1.29 is 14.3 Å². The molecule has 0 saturated heterocycles. The van der Waals surface area contributed by atoms with Crippen LogP contribution in [0.2, 0.25) is 0 Å². The first-order chi connectivity index (χ1) is 11.2. The number of ether oxygens (including phenoxy) is 2. The normalized spacial score (nSPS) is 14.7. The molecule has 0 unspecified atom stereocenters. The number of hydrogen-bond donors (Lipinski definition) is 1. The van der Waals surface area contributed by atoms with E-state index in [9.17, 15) is 4.79 Å². The summed E-state index contributed by atoms with van der Waals surface area (Å²) in [5, 5.41) is 3.78. The highest BCUT2D eigenvalue weighted by Crippen LogP contribution is 2.29. The van der Waals surface area contributed by atoms with Crippen LogP contribution in [0.3, 0.4) is 0 Å². The van der Waals surface area contributed by atoms with E-state index >= 15 is 0 Å². The van der Waals surface area contributed by atoms with Crippen molar-refractivity contribution in [2.45, 2.75) is 44.8 Å². The number of rotatable bonds is 9. The third-order valence-corrected chi connectivity index (χ3v) is 5.23. The number of benzene rings is 1. The Balaban J connectivity index is 1.84. The van der Waals surface area contributed by atoms with Gasteiger partial charge in [0.1, 0.15) is 0 Å². The molecule has 0 aliphatic heterocycles. The second-order valence-electron chi connectivity index (χ2n) is 5.56. The minimum atomic E-state index is -0.0546. The van der Waals surface area contributed by atoms with Gasteiger partial charge in [0.25, 0.3) is 5.91 Å². The van der Waals surface area contributed by atoms with E-state index in [1.165, 1.54) is 25.7 Å². The van der Waals surface area contributed by atoms with E-state index in [1.807, 2.05) is 25.6 Å². The highest BCUT2D eigenvalue weighted by molar-refractivity contribution is 7.99. The molecule has 2 rings (SSSR count). The monoisotopic (exact) mass is 337 g/mol. The van der Waals surface area contributed by atoms with Crippen molar-refractivity contribution in [2.24, 2.45) is 0 Å². The fourth-order valence-corrected chi connectivity index (χ4v) is 3.96. The lowest BCUT2D eigenvalue weighted by Crippen LogP contribution is -2.26. The highest BCUT2D eigenvalue weighted by Gasteiger charge is 2.15. The number of amides is 1. The summed E-state index contributed by atoms with van der Waals surface area (Å²) in [5.41, 5.74) is 0.614. The summed E-state index contributed by atoms with van der Waals surface area (Å²) >= 11 is 1.98. The van der Waals surface area contributed by atoms with Crippen LogP contribution in [0.5, 0.6) is 11.5 Å². The van der Waals surface area contributed by atoms with Crippen LogP contribution >= 0.6 is 11.8 Å². The number of thioether (sulfide) groups is 1. The second-order valence-corrected chi connectivity index (χ2v) is 6.97. The highest BCUT2D eigenvalue weighted by atomic mass is 32.2. The van der Waals surface area contributed by atoms with Crippen molar-refractivity contribution in [3.63, 3.8) is 0 Å². The molecule has 0 atom stereocenters. The van der Waals surface area contributed by atoms with Crippen LogP contribution in [-0.2, 0) is 0 Å². The predicted octanol–water partition coefficient (Wildman–Crippen LogP) is 3.89. The van der Waals surface area contributed by atoms with E-state index < -0.39 is 0 Å². The molecule has 1 aromatic carbocycles. The lowest BCUT2D eigenvalue weighted by atomic mass is 10.2. The summed E-state index contributed by atoms with van der Waals surface area (Å²) in [5.74, 6) is 2.23. The molecule has 0 radical (unpaired) electrons. The van der Waals surface area contributed by atoms with Crippen LogP contribution in [0.25, 0.3) is 0 Å². The van der Waals surface area contributed by atoms with Gasteiger partial charge < -0.3 is 14.8 Å². The summed E-state index contributed by atoms with van der Waals surface area (Å²) in [6, 6.07) is 5.34. The van der Waals surface area contributed by atoms with Gasteiger partial charge >= 0.3 is 0 Å². The van der Waals surface area contributed by atoms with Gasteiger partial charge in [-0.15, -0.1) is 0 Å². The van der Waals surface area contributed by atoms with E-state index in [2.05, 4.69) is 5.32 Å². The summed E-state index contributed by atoms with van der Waals surface area (Å²) < 4.78 is 11.1. The van der Waals surface area contributed by atoms with Crippen molar-refractivity contribution in [1.29, 1.82) is 0 Å². The zero-order chi connectivity index (χ0) is 16.5. The molecular formula is C18H27NO3S. The molecule has 5 heteroatoms. The smallest absolute Gasteiger partial charge is 0.251 e. The van der Waals surface area contributed by atoms with Gasteiger partial charge in [0.05, 0.1) is 13.2 Å². The first-order valence-electron chi connectivity index (χ1n) is 8.54. The van der Waals surface area contributed by atoms with E-state index in [-0.39, 0.29) is 5.91 Å². The van der Waals surface area contributed by atoms with Gasteiger partial charge in [0.2, 0.25) is 0 Å². The fraction of sp³-hybridized carbons (Fsp3) is 0.611. The SMILES string of the molecule is CCOc1ccc(C(=O)NCCSC2CCCC2)cc1OCC. The van der Waals surface area contributed by atoms with E-state index in [4.69, 9.17) is 9.47 Å². The maximum Gasteiger partial charge on any atom is 0.251 e. The molecular weight excluding hydrogens is 310 g/mol. The Labute approximate surface area is 143 Å². The average Bonchev–Trinajstić information content (AvgIpc) is 3.07. The van der Waals surface area contributed by atoms with Crippen molar-refractivity contribution in [3.8, 4) is 11.5 Å². The number of carbonyl (C=O) groups excluding carboxylic acids is 1. The zero-order valence-electron chi connectivity index (χ0n) is 14.1. The molecule has 1 aliphatic rings. The van der Waals surface area contributed by atoms with Crippen molar-refractivity contribution in [2.75, 3.05) is 25.5 Å². The first-order valence-corrected chi connectivity index (χ1v) is 9.59. The lowest BCUT2D eigenvalue weighted by Gasteiger charge is -2.13.